The largest absolute Gasteiger partial charge is 0.492 e. The molecular weight excluding hydrogens is 254 g/mol. The third kappa shape index (κ3) is 3.49. The first-order valence-corrected chi connectivity index (χ1v) is 6.89. The second-order valence-corrected chi connectivity index (χ2v) is 4.74. The van der Waals surface area contributed by atoms with Gasteiger partial charge in [-0.2, -0.15) is 5.26 Å². The summed E-state index contributed by atoms with van der Waals surface area (Å²) < 4.78 is 5.65. The van der Waals surface area contributed by atoms with Gasteiger partial charge in [0.1, 0.15) is 12.4 Å². The minimum Gasteiger partial charge on any atom is -0.492 e. The molecule has 106 valence electrons. The number of piperazine rings is 1. The summed E-state index contributed by atoms with van der Waals surface area (Å²) in [6.45, 7) is 4.85. The van der Waals surface area contributed by atoms with Crippen molar-refractivity contribution in [3.05, 3.63) is 29.8 Å². The molecule has 0 radical (unpaired) electrons. The van der Waals surface area contributed by atoms with Crippen LogP contribution in [0.25, 0.3) is 0 Å². The minimum atomic E-state index is -0.0479. The van der Waals surface area contributed by atoms with E-state index in [0.29, 0.717) is 18.7 Å². The van der Waals surface area contributed by atoms with Crippen molar-refractivity contribution in [1.29, 1.82) is 5.26 Å². The summed E-state index contributed by atoms with van der Waals surface area (Å²) in [6, 6.07) is 9.07. The molecule has 1 unspecified atom stereocenters. The molecule has 1 aromatic carbocycles. The standard InChI is InChI=1S/C15H19N3O2/c1-2-14-15(19)17-7-8-18(14)9-10-20-13-5-3-12(11-16)4-6-13/h3-6,14H,2,7-10H2,1H3,(H,17,19). The van der Waals surface area contributed by atoms with Crippen molar-refractivity contribution >= 4 is 5.91 Å². The first kappa shape index (κ1) is 14.4. The molecule has 1 aliphatic heterocycles. The summed E-state index contributed by atoms with van der Waals surface area (Å²) in [7, 11) is 0. The van der Waals surface area contributed by atoms with E-state index >= 15 is 0 Å². The van der Waals surface area contributed by atoms with Crippen molar-refractivity contribution in [1.82, 2.24) is 10.2 Å². The van der Waals surface area contributed by atoms with Gasteiger partial charge in [0.2, 0.25) is 5.91 Å². The Morgan fingerprint density at radius 1 is 1.45 bits per heavy atom. The first-order valence-electron chi connectivity index (χ1n) is 6.89. The lowest BCUT2D eigenvalue weighted by Crippen LogP contribution is -2.55. The van der Waals surface area contributed by atoms with Gasteiger partial charge in [0, 0.05) is 19.6 Å². The molecule has 0 spiro atoms. The molecule has 1 N–H and O–H groups in total. The first-order chi connectivity index (χ1) is 9.74. The molecule has 2 rings (SSSR count). The lowest BCUT2D eigenvalue weighted by atomic mass is 10.1. The normalized spacial score (nSPS) is 19.2. The van der Waals surface area contributed by atoms with Crippen molar-refractivity contribution in [2.45, 2.75) is 19.4 Å². The third-order valence-corrected chi connectivity index (χ3v) is 3.46. The Kier molecular flexibility index (Phi) is 4.97. The number of nitrogens with one attached hydrogen (secondary N) is 1. The van der Waals surface area contributed by atoms with E-state index in [1.807, 2.05) is 6.92 Å². The quantitative estimate of drug-likeness (QED) is 0.874. The number of carbonyl (C=O) groups excluding carboxylic acids is 1. The van der Waals surface area contributed by atoms with Gasteiger partial charge in [0.25, 0.3) is 0 Å². The molecule has 0 saturated carbocycles. The van der Waals surface area contributed by atoms with Crippen molar-refractivity contribution in [3.8, 4) is 11.8 Å². The van der Waals surface area contributed by atoms with Gasteiger partial charge in [-0.25, -0.2) is 0 Å². The highest BCUT2D eigenvalue weighted by molar-refractivity contribution is 5.82. The van der Waals surface area contributed by atoms with Gasteiger partial charge in [-0.3, -0.25) is 9.69 Å². The molecule has 20 heavy (non-hydrogen) atoms. The monoisotopic (exact) mass is 273 g/mol. The van der Waals surface area contributed by atoms with Crippen LogP contribution in [-0.4, -0.2) is 43.1 Å². The van der Waals surface area contributed by atoms with E-state index in [1.54, 1.807) is 24.3 Å². The fourth-order valence-electron chi connectivity index (χ4n) is 2.38. The maximum atomic E-state index is 11.7. The lowest BCUT2D eigenvalue weighted by molar-refractivity contribution is -0.129. The molecule has 1 saturated heterocycles. The number of hydrogen-bond donors (Lipinski definition) is 1. The highest BCUT2D eigenvalue weighted by atomic mass is 16.5. The summed E-state index contributed by atoms with van der Waals surface area (Å²) >= 11 is 0. The van der Waals surface area contributed by atoms with Gasteiger partial charge in [0.05, 0.1) is 17.7 Å². The number of ether oxygens (including phenoxy) is 1. The topological polar surface area (TPSA) is 65.4 Å². The van der Waals surface area contributed by atoms with Crippen LogP contribution < -0.4 is 10.1 Å². The molecule has 1 amide bonds. The summed E-state index contributed by atoms with van der Waals surface area (Å²) in [5.41, 5.74) is 0.621. The summed E-state index contributed by atoms with van der Waals surface area (Å²) in [5, 5.41) is 11.6. The Morgan fingerprint density at radius 3 is 2.85 bits per heavy atom. The molecule has 1 fully saturated rings. The number of hydrogen-bond acceptors (Lipinski definition) is 4. The fourth-order valence-corrected chi connectivity index (χ4v) is 2.38. The highest BCUT2D eigenvalue weighted by Gasteiger charge is 2.27. The van der Waals surface area contributed by atoms with Gasteiger partial charge < -0.3 is 10.1 Å². The molecule has 1 heterocycles. The summed E-state index contributed by atoms with van der Waals surface area (Å²) in [5.74, 6) is 0.857. The predicted molar refractivity (Wildman–Crippen MR) is 75.3 cm³/mol. The number of rotatable bonds is 5. The summed E-state index contributed by atoms with van der Waals surface area (Å²) in [4.78, 5) is 13.9. The minimum absolute atomic E-state index is 0.0479. The van der Waals surface area contributed by atoms with E-state index < -0.39 is 0 Å². The molecule has 1 aromatic rings. The number of nitriles is 1. The zero-order valence-corrected chi connectivity index (χ0v) is 11.6. The van der Waals surface area contributed by atoms with Crippen LogP contribution in [0.3, 0.4) is 0 Å². The molecule has 1 aliphatic rings. The van der Waals surface area contributed by atoms with Crippen LogP contribution in [0.5, 0.6) is 5.75 Å². The van der Waals surface area contributed by atoms with Crippen LogP contribution >= 0.6 is 0 Å². The van der Waals surface area contributed by atoms with Crippen molar-refractivity contribution in [3.63, 3.8) is 0 Å². The van der Waals surface area contributed by atoms with Crippen LogP contribution in [0.15, 0.2) is 24.3 Å². The molecule has 0 aromatic heterocycles. The van der Waals surface area contributed by atoms with Crippen LogP contribution in [0.1, 0.15) is 18.9 Å². The van der Waals surface area contributed by atoms with Crippen LogP contribution in [0, 0.1) is 11.3 Å². The van der Waals surface area contributed by atoms with E-state index in [1.165, 1.54) is 0 Å². The van der Waals surface area contributed by atoms with Crippen LogP contribution in [0.2, 0.25) is 0 Å². The van der Waals surface area contributed by atoms with E-state index in [9.17, 15) is 4.79 Å². The van der Waals surface area contributed by atoms with E-state index in [-0.39, 0.29) is 11.9 Å². The maximum absolute atomic E-state index is 11.7. The van der Waals surface area contributed by atoms with Gasteiger partial charge in [-0.1, -0.05) is 6.92 Å². The van der Waals surface area contributed by atoms with Gasteiger partial charge in [0.15, 0.2) is 0 Å². The Bertz CT molecular complexity index is 493. The van der Waals surface area contributed by atoms with Crippen molar-refractivity contribution in [2.24, 2.45) is 0 Å². The van der Waals surface area contributed by atoms with E-state index in [4.69, 9.17) is 10.00 Å². The van der Waals surface area contributed by atoms with Crippen LogP contribution in [0.4, 0.5) is 0 Å². The average molecular weight is 273 g/mol. The predicted octanol–water partition coefficient (Wildman–Crippen LogP) is 1.15. The summed E-state index contributed by atoms with van der Waals surface area (Å²) in [6.07, 6.45) is 0.808. The molecule has 0 bridgehead atoms. The molecule has 0 aliphatic carbocycles. The highest BCUT2D eigenvalue weighted by Crippen LogP contribution is 2.12. The van der Waals surface area contributed by atoms with Gasteiger partial charge in [-0.15, -0.1) is 0 Å². The molecule has 5 heteroatoms. The maximum Gasteiger partial charge on any atom is 0.237 e. The molecular formula is C15H19N3O2. The van der Waals surface area contributed by atoms with Gasteiger partial charge >= 0.3 is 0 Å². The van der Waals surface area contributed by atoms with E-state index in [0.717, 1.165) is 25.3 Å². The molecule has 1 atom stereocenters. The number of benzene rings is 1. The third-order valence-electron chi connectivity index (χ3n) is 3.46. The Hall–Kier alpha value is -2.06. The number of amides is 1. The Morgan fingerprint density at radius 2 is 2.20 bits per heavy atom. The van der Waals surface area contributed by atoms with Gasteiger partial charge in [-0.05, 0) is 30.7 Å². The fraction of sp³-hybridized carbons (Fsp3) is 0.467. The Labute approximate surface area is 119 Å². The van der Waals surface area contributed by atoms with E-state index in [2.05, 4.69) is 16.3 Å². The van der Waals surface area contributed by atoms with Crippen LogP contribution in [-0.2, 0) is 4.79 Å². The Balaban J connectivity index is 1.82. The second-order valence-electron chi connectivity index (χ2n) is 4.74. The average Bonchev–Trinajstić information content (AvgIpc) is 2.48. The number of nitrogens with zero attached hydrogens (tertiary/aromatic N) is 2. The zero-order chi connectivity index (χ0) is 14.4. The van der Waals surface area contributed by atoms with Crippen molar-refractivity contribution < 1.29 is 9.53 Å². The lowest BCUT2D eigenvalue weighted by Gasteiger charge is -2.34. The second kappa shape index (κ2) is 6.92. The van der Waals surface area contributed by atoms with Crippen molar-refractivity contribution in [2.75, 3.05) is 26.2 Å². The SMILES string of the molecule is CCC1C(=O)NCCN1CCOc1ccc(C#N)cc1. The molecule has 5 nitrogen and oxygen atoms in total. The smallest absolute Gasteiger partial charge is 0.237 e. The number of carbonyl (C=O) groups is 1. The zero-order valence-electron chi connectivity index (χ0n) is 11.6.